The minimum atomic E-state index is 0.183. The molecule has 90 valence electrons. The van der Waals surface area contributed by atoms with Gasteiger partial charge in [-0.05, 0) is 19.8 Å². The third kappa shape index (κ3) is 2.41. The fraction of sp³-hybridized carbons (Fsp3) is 0.818. The molecule has 0 saturated heterocycles. The van der Waals surface area contributed by atoms with E-state index in [1.54, 1.807) is 0 Å². The van der Waals surface area contributed by atoms with Gasteiger partial charge in [-0.1, -0.05) is 12.8 Å². The minimum absolute atomic E-state index is 0.183. The van der Waals surface area contributed by atoms with Crippen LogP contribution in [0.1, 0.15) is 37.3 Å². The third-order valence-electron chi connectivity index (χ3n) is 3.36. The number of hydrogen-bond acceptors (Lipinski definition) is 4. The van der Waals surface area contributed by atoms with Gasteiger partial charge in [0.05, 0.1) is 6.10 Å². The molecule has 1 aliphatic carbocycles. The highest BCUT2D eigenvalue weighted by molar-refractivity contribution is 4.91. The summed E-state index contributed by atoms with van der Waals surface area (Å²) in [6.45, 7) is 2.44. The van der Waals surface area contributed by atoms with Crippen LogP contribution in [0.3, 0.4) is 0 Å². The standard InChI is InChI=1S/C11H20N4O/c1-8-13-14-11(15(8)2)7-16-10-6-4-3-5-9(10)12/h9-10H,3-7,12H2,1-2H3. The van der Waals surface area contributed by atoms with E-state index in [0.717, 1.165) is 24.5 Å². The molecule has 1 saturated carbocycles. The van der Waals surface area contributed by atoms with E-state index in [0.29, 0.717) is 6.61 Å². The maximum Gasteiger partial charge on any atom is 0.158 e. The summed E-state index contributed by atoms with van der Waals surface area (Å²) < 4.78 is 7.78. The average Bonchev–Trinajstić information content (AvgIpc) is 2.59. The van der Waals surface area contributed by atoms with Crippen LogP contribution >= 0.6 is 0 Å². The molecular weight excluding hydrogens is 204 g/mol. The van der Waals surface area contributed by atoms with Gasteiger partial charge in [0, 0.05) is 13.1 Å². The lowest BCUT2D eigenvalue weighted by molar-refractivity contribution is -0.0000748. The highest BCUT2D eigenvalue weighted by Crippen LogP contribution is 2.20. The number of nitrogens with two attached hydrogens (primary N) is 1. The number of aromatic nitrogens is 3. The Morgan fingerprint density at radius 1 is 1.38 bits per heavy atom. The zero-order valence-corrected chi connectivity index (χ0v) is 10.0. The number of rotatable bonds is 3. The lowest BCUT2D eigenvalue weighted by Gasteiger charge is -2.28. The van der Waals surface area contributed by atoms with E-state index < -0.39 is 0 Å². The SMILES string of the molecule is Cc1nnc(COC2CCCCC2N)n1C. The van der Waals surface area contributed by atoms with Crippen molar-refractivity contribution in [2.75, 3.05) is 0 Å². The molecule has 16 heavy (non-hydrogen) atoms. The van der Waals surface area contributed by atoms with Crippen molar-refractivity contribution in [3.63, 3.8) is 0 Å². The Morgan fingerprint density at radius 2 is 2.12 bits per heavy atom. The second kappa shape index (κ2) is 4.93. The zero-order chi connectivity index (χ0) is 11.5. The maximum absolute atomic E-state index is 6.02. The summed E-state index contributed by atoms with van der Waals surface area (Å²) in [5.74, 6) is 1.78. The van der Waals surface area contributed by atoms with Gasteiger partial charge in [0.1, 0.15) is 12.4 Å². The van der Waals surface area contributed by atoms with Crippen molar-refractivity contribution < 1.29 is 4.74 Å². The van der Waals surface area contributed by atoms with Crippen LogP contribution in [0.4, 0.5) is 0 Å². The number of nitrogens with zero attached hydrogens (tertiary/aromatic N) is 3. The molecule has 1 aliphatic rings. The molecule has 1 fully saturated rings. The van der Waals surface area contributed by atoms with Crippen LogP contribution in [-0.2, 0) is 18.4 Å². The van der Waals surface area contributed by atoms with E-state index in [-0.39, 0.29) is 12.1 Å². The van der Waals surface area contributed by atoms with Gasteiger partial charge in [-0.25, -0.2) is 0 Å². The lowest BCUT2D eigenvalue weighted by Crippen LogP contribution is -2.39. The van der Waals surface area contributed by atoms with Gasteiger partial charge in [0.25, 0.3) is 0 Å². The molecule has 2 rings (SSSR count). The maximum atomic E-state index is 6.02. The third-order valence-corrected chi connectivity index (χ3v) is 3.36. The summed E-state index contributed by atoms with van der Waals surface area (Å²) >= 11 is 0. The van der Waals surface area contributed by atoms with Crippen LogP contribution in [-0.4, -0.2) is 26.9 Å². The second-order valence-corrected chi connectivity index (χ2v) is 4.52. The topological polar surface area (TPSA) is 66.0 Å². The van der Waals surface area contributed by atoms with E-state index in [2.05, 4.69) is 10.2 Å². The van der Waals surface area contributed by atoms with Crippen molar-refractivity contribution in [2.45, 2.75) is 51.4 Å². The van der Waals surface area contributed by atoms with Crippen LogP contribution in [0.2, 0.25) is 0 Å². The minimum Gasteiger partial charge on any atom is -0.369 e. The molecule has 0 radical (unpaired) electrons. The second-order valence-electron chi connectivity index (χ2n) is 4.52. The molecule has 5 nitrogen and oxygen atoms in total. The van der Waals surface area contributed by atoms with E-state index in [9.17, 15) is 0 Å². The van der Waals surface area contributed by atoms with Crippen molar-refractivity contribution in [1.29, 1.82) is 0 Å². The fourth-order valence-corrected chi connectivity index (χ4v) is 2.09. The first-order valence-corrected chi connectivity index (χ1v) is 5.90. The van der Waals surface area contributed by atoms with Gasteiger partial charge in [0.2, 0.25) is 0 Å². The molecule has 2 N–H and O–H groups in total. The zero-order valence-electron chi connectivity index (χ0n) is 10.0. The summed E-state index contributed by atoms with van der Waals surface area (Å²) in [6, 6.07) is 0.183. The molecule has 0 amide bonds. The van der Waals surface area contributed by atoms with Gasteiger partial charge in [0.15, 0.2) is 5.82 Å². The van der Waals surface area contributed by atoms with Gasteiger partial charge in [-0.2, -0.15) is 0 Å². The van der Waals surface area contributed by atoms with Crippen LogP contribution in [0.15, 0.2) is 0 Å². The molecule has 2 atom stereocenters. The Bertz CT molecular complexity index is 350. The van der Waals surface area contributed by atoms with Gasteiger partial charge >= 0.3 is 0 Å². The summed E-state index contributed by atoms with van der Waals surface area (Å²) in [5.41, 5.74) is 6.02. The van der Waals surface area contributed by atoms with Crippen molar-refractivity contribution in [2.24, 2.45) is 12.8 Å². The quantitative estimate of drug-likeness (QED) is 0.828. The molecule has 1 aromatic rings. The van der Waals surface area contributed by atoms with Crippen molar-refractivity contribution in [1.82, 2.24) is 14.8 Å². The molecule has 0 aromatic carbocycles. The van der Waals surface area contributed by atoms with Crippen LogP contribution in [0.5, 0.6) is 0 Å². The number of hydrogen-bond donors (Lipinski definition) is 1. The Balaban J connectivity index is 1.89. The molecule has 1 heterocycles. The Kier molecular flexibility index (Phi) is 3.56. The smallest absolute Gasteiger partial charge is 0.158 e. The van der Waals surface area contributed by atoms with E-state index >= 15 is 0 Å². The monoisotopic (exact) mass is 224 g/mol. The van der Waals surface area contributed by atoms with E-state index in [1.165, 1.54) is 12.8 Å². The Hall–Kier alpha value is -0.940. The average molecular weight is 224 g/mol. The Morgan fingerprint density at radius 3 is 2.75 bits per heavy atom. The van der Waals surface area contributed by atoms with Gasteiger partial charge in [-0.3, -0.25) is 0 Å². The molecule has 0 bridgehead atoms. The summed E-state index contributed by atoms with van der Waals surface area (Å²) in [7, 11) is 1.95. The van der Waals surface area contributed by atoms with Crippen molar-refractivity contribution in [3.05, 3.63) is 11.6 Å². The molecule has 2 unspecified atom stereocenters. The highest BCUT2D eigenvalue weighted by Gasteiger charge is 2.22. The first-order valence-electron chi connectivity index (χ1n) is 5.90. The molecular formula is C11H20N4O. The van der Waals surface area contributed by atoms with Crippen LogP contribution in [0.25, 0.3) is 0 Å². The summed E-state index contributed by atoms with van der Waals surface area (Å²) in [5, 5.41) is 8.07. The predicted molar refractivity (Wildman–Crippen MR) is 60.8 cm³/mol. The molecule has 0 spiro atoms. The summed E-state index contributed by atoms with van der Waals surface area (Å²) in [4.78, 5) is 0. The van der Waals surface area contributed by atoms with Crippen molar-refractivity contribution >= 4 is 0 Å². The number of ether oxygens (including phenoxy) is 1. The van der Waals surface area contributed by atoms with Crippen LogP contribution < -0.4 is 5.73 Å². The van der Waals surface area contributed by atoms with Gasteiger partial charge < -0.3 is 15.0 Å². The van der Waals surface area contributed by atoms with E-state index in [4.69, 9.17) is 10.5 Å². The van der Waals surface area contributed by atoms with E-state index in [1.807, 2.05) is 18.5 Å². The van der Waals surface area contributed by atoms with Crippen molar-refractivity contribution in [3.8, 4) is 0 Å². The highest BCUT2D eigenvalue weighted by atomic mass is 16.5. The fourth-order valence-electron chi connectivity index (χ4n) is 2.09. The number of aryl methyl sites for hydroxylation is 1. The normalized spacial score (nSPS) is 25.9. The lowest BCUT2D eigenvalue weighted by atomic mass is 9.93. The Labute approximate surface area is 96.0 Å². The largest absolute Gasteiger partial charge is 0.369 e. The molecule has 5 heteroatoms. The molecule has 0 aliphatic heterocycles. The first kappa shape index (κ1) is 11.5. The van der Waals surface area contributed by atoms with Crippen LogP contribution in [0, 0.1) is 6.92 Å². The predicted octanol–water partition coefficient (Wildman–Crippen LogP) is 0.910. The van der Waals surface area contributed by atoms with Gasteiger partial charge in [-0.15, -0.1) is 10.2 Å². The first-order chi connectivity index (χ1) is 7.68. The molecule has 1 aromatic heterocycles. The summed E-state index contributed by atoms with van der Waals surface area (Å²) in [6.07, 6.45) is 4.77.